The Labute approximate surface area is 115 Å². The van der Waals surface area contributed by atoms with E-state index in [0.717, 1.165) is 17.6 Å². The normalized spacial score (nSPS) is 12.7. The first-order valence-corrected chi connectivity index (χ1v) is 7.29. The van der Waals surface area contributed by atoms with Gasteiger partial charge >= 0.3 is 0 Å². The molecule has 0 amide bonds. The molecule has 0 saturated carbocycles. The van der Waals surface area contributed by atoms with Crippen molar-refractivity contribution in [2.45, 2.75) is 45.6 Å². The molecule has 1 N–H and O–H groups in total. The summed E-state index contributed by atoms with van der Waals surface area (Å²) in [4.78, 5) is 8.71. The predicted octanol–water partition coefficient (Wildman–Crippen LogP) is 3.86. The highest BCUT2D eigenvalue weighted by Gasteiger charge is 2.10. The molecule has 102 valence electrons. The maximum atomic E-state index is 4.39. The fourth-order valence-electron chi connectivity index (χ4n) is 2.43. The molecule has 2 rings (SSSR count). The van der Waals surface area contributed by atoms with Crippen LogP contribution in [0.3, 0.4) is 0 Å². The molecule has 0 saturated heterocycles. The highest BCUT2D eigenvalue weighted by atomic mass is 14.9. The lowest BCUT2D eigenvalue weighted by Gasteiger charge is -2.18. The molecule has 0 aliphatic rings. The molecule has 1 atom stereocenters. The van der Waals surface area contributed by atoms with E-state index >= 15 is 0 Å². The van der Waals surface area contributed by atoms with Crippen LogP contribution in [0.2, 0.25) is 0 Å². The van der Waals surface area contributed by atoms with Crippen molar-refractivity contribution in [1.29, 1.82) is 0 Å². The molecule has 0 bridgehead atoms. The van der Waals surface area contributed by atoms with Gasteiger partial charge in [-0.15, -0.1) is 0 Å². The molecule has 3 nitrogen and oxygen atoms in total. The largest absolute Gasteiger partial charge is 0.310 e. The van der Waals surface area contributed by atoms with Crippen molar-refractivity contribution in [3.8, 4) is 0 Å². The van der Waals surface area contributed by atoms with Crippen LogP contribution in [0.5, 0.6) is 0 Å². The van der Waals surface area contributed by atoms with Crippen molar-refractivity contribution in [2.75, 3.05) is 6.54 Å². The average molecular weight is 257 g/mol. The van der Waals surface area contributed by atoms with Gasteiger partial charge in [0.1, 0.15) is 0 Å². The SMILES string of the molecule is CCCCCC(NCC)c1ccc2nccnc2c1. The van der Waals surface area contributed by atoms with Crippen LogP contribution in [-0.4, -0.2) is 16.5 Å². The lowest BCUT2D eigenvalue weighted by molar-refractivity contribution is 0.487. The van der Waals surface area contributed by atoms with E-state index < -0.39 is 0 Å². The Kier molecular flexibility index (Phi) is 5.28. The summed E-state index contributed by atoms with van der Waals surface area (Å²) in [7, 11) is 0. The van der Waals surface area contributed by atoms with Crippen LogP contribution in [0.15, 0.2) is 30.6 Å². The highest BCUT2D eigenvalue weighted by molar-refractivity contribution is 5.74. The van der Waals surface area contributed by atoms with Gasteiger partial charge < -0.3 is 5.32 Å². The van der Waals surface area contributed by atoms with Gasteiger partial charge in [-0.3, -0.25) is 9.97 Å². The standard InChI is InChI=1S/C16H23N3/c1-3-5-6-7-14(17-4-2)13-8-9-15-16(12-13)19-11-10-18-15/h8-12,14,17H,3-7H2,1-2H3. The number of nitrogens with one attached hydrogen (secondary N) is 1. The van der Waals surface area contributed by atoms with Crippen LogP contribution in [0, 0.1) is 0 Å². The Morgan fingerprint density at radius 3 is 2.58 bits per heavy atom. The summed E-state index contributed by atoms with van der Waals surface area (Å²) < 4.78 is 0. The Morgan fingerprint density at radius 1 is 1.05 bits per heavy atom. The first kappa shape index (κ1) is 13.9. The van der Waals surface area contributed by atoms with E-state index in [1.54, 1.807) is 12.4 Å². The Bertz CT molecular complexity index is 510. The van der Waals surface area contributed by atoms with E-state index in [9.17, 15) is 0 Å². The zero-order chi connectivity index (χ0) is 13.5. The third kappa shape index (κ3) is 3.74. The van der Waals surface area contributed by atoms with Crippen molar-refractivity contribution < 1.29 is 0 Å². The summed E-state index contributed by atoms with van der Waals surface area (Å²) in [6.07, 6.45) is 8.52. The second-order valence-electron chi connectivity index (χ2n) is 4.91. The number of rotatable bonds is 7. The molecule has 1 unspecified atom stereocenters. The van der Waals surface area contributed by atoms with Crippen LogP contribution in [-0.2, 0) is 0 Å². The van der Waals surface area contributed by atoms with Crippen molar-refractivity contribution in [3.05, 3.63) is 36.2 Å². The predicted molar refractivity (Wildman–Crippen MR) is 80.1 cm³/mol. The lowest BCUT2D eigenvalue weighted by atomic mass is 10.00. The zero-order valence-electron chi connectivity index (χ0n) is 11.9. The third-order valence-electron chi connectivity index (χ3n) is 3.44. The van der Waals surface area contributed by atoms with E-state index in [-0.39, 0.29) is 0 Å². The Balaban J connectivity index is 2.17. The van der Waals surface area contributed by atoms with Crippen LogP contribution >= 0.6 is 0 Å². The summed E-state index contributed by atoms with van der Waals surface area (Å²) in [5, 5.41) is 3.57. The maximum absolute atomic E-state index is 4.39. The second-order valence-corrected chi connectivity index (χ2v) is 4.91. The number of fused-ring (bicyclic) bond motifs is 1. The number of nitrogens with zero attached hydrogens (tertiary/aromatic N) is 2. The summed E-state index contributed by atoms with van der Waals surface area (Å²) in [5.74, 6) is 0. The van der Waals surface area contributed by atoms with Gasteiger partial charge in [0.15, 0.2) is 0 Å². The minimum Gasteiger partial charge on any atom is -0.310 e. The minimum absolute atomic E-state index is 0.433. The van der Waals surface area contributed by atoms with Crippen molar-refractivity contribution >= 4 is 11.0 Å². The molecule has 2 aromatic rings. The monoisotopic (exact) mass is 257 g/mol. The van der Waals surface area contributed by atoms with E-state index in [0.29, 0.717) is 6.04 Å². The highest BCUT2D eigenvalue weighted by Crippen LogP contribution is 2.22. The van der Waals surface area contributed by atoms with Crippen LogP contribution < -0.4 is 5.32 Å². The molecular formula is C16H23N3. The summed E-state index contributed by atoms with van der Waals surface area (Å²) in [6, 6.07) is 6.85. The molecule has 0 spiro atoms. The topological polar surface area (TPSA) is 37.8 Å². The maximum Gasteiger partial charge on any atom is 0.0890 e. The van der Waals surface area contributed by atoms with E-state index in [1.807, 2.05) is 0 Å². The smallest absolute Gasteiger partial charge is 0.0890 e. The van der Waals surface area contributed by atoms with Crippen LogP contribution in [0.1, 0.15) is 51.1 Å². The third-order valence-corrected chi connectivity index (χ3v) is 3.44. The lowest BCUT2D eigenvalue weighted by Crippen LogP contribution is -2.20. The number of hydrogen-bond acceptors (Lipinski definition) is 3. The average Bonchev–Trinajstić information content (AvgIpc) is 2.46. The summed E-state index contributed by atoms with van der Waals surface area (Å²) >= 11 is 0. The second kappa shape index (κ2) is 7.19. The zero-order valence-corrected chi connectivity index (χ0v) is 11.9. The molecule has 3 heteroatoms. The van der Waals surface area contributed by atoms with Gasteiger partial charge in [0.25, 0.3) is 0 Å². The summed E-state index contributed by atoms with van der Waals surface area (Å²) in [5.41, 5.74) is 3.28. The van der Waals surface area contributed by atoms with Crippen molar-refractivity contribution in [2.24, 2.45) is 0 Å². The van der Waals surface area contributed by atoms with Gasteiger partial charge in [0, 0.05) is 18.4 Å². The summed E-state index contributed by atoms with van der Waals surface area (Å²) in [6.45, 7) is 5.40. The first-order valence-electron chi connectivity index (χ1n) is 7.29. The van der Waals surface area contributed by atoms with Crippen LogP contribution in [0.25, 0.3) is 11.0 Å². The van der Waals surface area contributed by atoms with Gasteiger partial charge in [-0.05, 0) is 30.7 Å². The van der Waals surface area contributed by atoms with Crippen molar-refractivity contribution in [3.63, 3.8) is 0 Å². The van der Waals surface area contributed by atoms with Crippen molar-refractivity contribution in [1.82, 2.24) is 15.3 Å². The first-order chi connectivity index (χ1) is 9.35. The molecular weight excluding hydrogens is 234 g/mol. The van der Waals surface area contributed by atoms with E-state index in [4.69, 9.17) is 0 Å². The molecule has 0 aliphatic carbocycles. The van der Waals surface area contributed by atoms with Gasteiger partial charge in [0.05, 0.1) is 11.0 Å². The number of aromatic nitrogens is 2. The van der Waals surface area contributed by atoms with Crippen LogP contribution in [0.4, 0.5) is 0 Å². The van der Waals surface area contributed by atoms with Gasteiger partial charge in [-0.25, -0.2) is 0 Å². The van der Waals surface area contributed by atoms with E-state index in [2.05, 4.69) is 47.3 Å². The fraction of sp³-hybridized carbons (Fsp3) is 0.500. The molecule has 0 radical (unpaired) electrons. The molecule has 1 aromatic carbocycles. The minimum atomic E-state index is 0.433. The van der Waals surface area contributed by atoms with Gasteiger partial charge in [-0.2, -0.15) is 0 Å². The fourth-order valence-corrected chi connectivity index (χ4v) is 2.43. The number of unbranched alkanes of at least 4 members (excludes halogenated alkanes) is 2. The Morgan fingerprint density at radius 2 is 1.84 bits per heavy atom. The quantitative estimate of drug-likeness (QED) is 0.765. The number of hydrogen-bond donors (Lipinski definition) is 1. The van der Waals surface area contributed by atoms with E-state index in [1.165, 1.54) is 31.2 Å². The molecule has 1 aromatic heterocycles. The van der Waals surface area contributed by atoms with Gasteiger partial charge in [-0.1, -0.05) is 39.2 Å². The van der Waals surface area contributed by atoms with Gasteiger partial charge in [0.2, 0.25) is 0 Å². The molecule has 19 heavy (non-hydrogen) atoms. The molecule has 0 aliphatic heterocycles. The Hall–Kier alpha value is -1.48. The molecule has 0 fully saturated rings. The molecule has 1 heterocycles. The number of benzene rings is 1.